The fraction of sp³-hybridized carbons (Fsp3) is 0.348. The summed E-state index contributed by atoms with van der Waals surface area (Å²) in [6.45, 7) is 6.94. The molecule has 0 atom stereocenters. The fourth-order valence-electron chi connectivity index (χ4n) is 2.75. The van der Waals surface area contributed by atoms with Gasteiger partial charge in [0.1, 0.15) is 5.82 Å². The Balaban J connectivity index is 0.00000126. The SMILES string of the molecule is CC.CC1(O)CCN(C(=O)c2ccc(C#Cc3ccc(F)cc3)cc2)CC1. The molecule has 4 heteroatoms. The summed E-state index contributed by atoms with van der Waals surface area (Å²) in [5, 5.41) is 9.98. The molecule has 1 saturated heterocycles. The molecule has 2 aromatic rings. The van der Waals surface area contributed by atoms with Crippen LogP contribution in [0.15, 0.2) is 48.5 Å². The second-order valence-electron chi connectivity index (χ2n) is 6.62. The van der Waals surface area contributed by atoms with Gasteiger partial charge in [0.05, 0.1) is 5.60 Å². The Morgan fingerprint density at radius 1 is 0.963 bits per heavy atom. The lowest BCUT2D eigenvalue weighted by atomic mass is 9.93. The van der Waals surface area contributed by atoms with Crippen molar-refractivity contribution in [3.05, 3.63) is 71.0 Å². The highest BCUT2D eigenvalue weighted by Crippen LogP contribution is 2.22. The van der Waals surface area contributed by atoms with Gasteiger partial charge in [-0.25, -0.2) is 4.39 Å². The predicted molar refractivity (Wildman–Crippen MR) is 106 cm³/mol. The second-order valence-corrected chi connectivity index (χ2v) is 6.62. The van der Waals surface area contributed by atoms with Crippen molar-refractivity contribution in [1.29, 1.82) is 0 Å². The van der Waals surface area contributed by atoms with E-state index in [1.54, 1.807) is 29.2 Å². The van der Waals surface area contributed by atoms with Crippen LogP contribution in [0.5, 0.6) is 0 Å². The van der Waals surface area contributed by atoms with Crippen LogP contribution in [0.1, 0.15) is 55.1 Å². The van der Waals surface area contributed by atoms with Gasteiger partial charge in [-0.2, -0.15) is 0 Å². The maximum atomic E-state index is 12.9. The minimum atomic E-state index is -0.670. The zero-order chi connectivity index (χ0) is 19.9. The molecule has 1 amide bonds. The summed E-state index contributed by atoms with van der Waals surface area (Å²) in [6, 6.07) is 13.2. The highest BCUT2D eigenvalue weighted by molar-refractivity contribution is 5.94. The molecule has 0 aromatic heterocycles. The summed E-state index contributed by atoms with van der Waals surface area (Å²) in [6.07, 6.45) is 1.19. The Bertz CT molecular complexity index is 804. The van der Waals surface area contributed by atoms with Gasteiger partial charge >= 0.3 is 0 Å². The number of benzene rings is 2. The summed E-state index contributed by atoms with van der Waals surface area (Å²) in [4.78, 5) is 14.3. The third-order valence-electron chi connectivity index (χ3n) is 4.46. The van der Waals surface area contributed by atoms with E-state index in [0.717, 1.165) is 11.1 Å². The molecule has 2 aromatic carbocycles. The van der Waals surface area contributed by atoms with Crippen molar-refractivity contribution < 1.29 is 14.3 Å². The minimum absolute atomic E-state index is 0.0199. The first kappa shape index (κ1) is 20.7. The van der Waals surface area contributed by atoms with Gasteiger partial charge in [-0.1, -0.05) is 25.7 Å². The molecule has 27 heavy (non-hydrogen) atoms. The summed E-state index contributed by atoms with van der Waals surface area (Å²) >= 11 is 0. The van der Waals surface area contributed by atoms with Crippen molar-refractivity contribution in [2.24, 2.45) is 0 Å². The van der Waals surface area contributed by atoms with Crippen molar-refractivity contribution >= 4 is 5.91 Å². The van der Waals surface area contributed by atoms with Gasteiger partial charge in [-0.3, -0.25) is 4.79 Å². The number of hydrogen-bond acceptors (Lipinski definition) is 2. The number of rotatable bonds is 1. The topological polar surface area (TPSA) is 40.5 Å². The summed E-state index contributed by atoms with van der Waals surface area (Å²) in [5.74, 6) is 5.67. The van der Waals surface area contributed by atoms with Gasteiger partial charge < -0.3 is 10.0 Å². The van der Waals surface area contributed by atoms with E-state index in [2.05, 4.69) is 11.8 Å². The van der Waals surface area contributed by atoms with Crippen molar-refractivity contribution in [1.82, 2.24) is 4.90 Å². The highest BCUT2D eigenvalue weighted by atomic mass is 19.1. The maximum Gasteiger partial charge on any atom is 0.253 e. The average molecular weight is 367 g/mol. The monoisotopic (exact) mass is 367 g/mol. The van der Waals surface area contributed by atoms with Crippen molar-refractivity contribution in [3.63, 3.8) is 0 Å². The first-order valence-corrected chi connectivity index (χ1v) is 9.32. The molecule has 1 fully saturated rings. The lowest BCUT2D eigenvalue weighted by Gasteiger charge is -2.35. The molecule has 0 aliphatic carbocycles. The van der Waals surface area contributed by atoms with Crippen molar-refractivity contribution in [3.8, 4) is 11.8 Å². The lowest BCUT2D eigenvalue weighted by molar-refractivity contribution is -0.00202. The van der Waals surface area contributed by atoms with Crippen LogP contribution in [0.3, 0.4) is 0 Å². The third kappa shape index (κ3) is 5.94. The molecule has 1 aliphatic rings. The van der Waals surface area contributed by atoms with Crippen LogP contribution in [-0.2, 0) is 0 Å². The number of piperidine rings is 1. The summed E-state index contributed by atoms with van der Waals surface area (Å²) < 4.78 is 12.9. The van der Waals surface area contributed by atoms with E-state index >= 15 is 0 Å². The van der Waals surface area contributed by atoms with E-state index in [4.69, 9.17) is 0 Å². The number of carbonyl (C=O) groups is 1. The number of nitrogens with zero attached hydrogens (tertiary/aromatic N) is 1. The van der Waals surface area contributed by atoms with E-state index in [9.17, 15) is 14.3 Å². The Labute approximate surface area is 160 Å². The zero-order valence-corrected chi connectivity index (χ0v) is 16.1. The minimum Gasteiger partial charge on any atom is -0.390 e. The first-order chi connectivity index (χ1) is 12.9. The number of hydrogen-bond donors (Lipinski definition) is 1. The van der Waals surface area contributed by atoms with Gasteiger partial charge in [0, 0.05) is 29.8 Å². The van der Waals surface area contributed by atoms with E-state index in [1.807, 2.05) is 32.9 Å². The number of halogens is 1. The molecule has 1 heterocycles. The number of carbonyl (C=O) groups excluding carboxylic acids is 1. The largest absolute Gasteiger partial charge is 0.390 e. The van der Waals surface area contributed by atoms with Gasteiger partial charge in [0.2, 0.25) is 0 Å². The Kier molecular flexibility index (Phi) is 7.15. The smallest absolute Gasteiger partial charge is 0.253 e. The summed E-state index contributed by atoms with van der Waals surface area (Å²) in [7, 11) is 0. The molecular weight excluding hydrogens is 341 g/mol. The zero-order valence-electron chi connectivity index (χ0n) is 16.1. The Hall–Kier alpha value is -2.64. The van der Waals surface area contributed by atoms with Gasteiger partial charge in [-0.05, 0) is 68.3 Å². The molecule has 142 valence electrons. The predicted octanol–water partition coefficient (Wildman–Crippen LogP) is 4.24. The molecule has 1 aliphatic heterocycles. The first-order valence-electron chi connectivity index (χ1n) is 9.32. The van der Waals surface area contributed by atoms with E-state index < -0.39 is 5.60 Å². The second kappa shape index (κ2) is 9.34. The Morgan fingerprint density at radius 2 is 1.41 bits per heavy atom. The maximum absolute atomic E-state index is 12.9. The van der Waals surface area contributed by atoms with Crippen LogP contribution in [0.25, 0.3) is 0 Å². The molecule has 0 spiro atoms. The molecule has 0 unspecified atom stereocenters. The molecule has 0 radical (unpaired) electrons. The van der Waals surface area contributed by atoms with Crippen LogP contribution in [-0.4, -0.2) is 34.6 Å². The molecular formula is C23H26FNO2. The van der Waals surface area contributed by atoms with Crippen molar-refractivity contribution in [2.45, 2.75) is 39.2 Å². The number of likely N-dealkylation sites (tertiary alicyclic amines) is 1. The Morgan fingerprint density at radius 3 is 1.89 bits per heavy atom. The standard InChI is InChI=1S/C21H20FNO2.C2H6/c1-21(25)12-14-23(15-13-21)20(24)18-8-4-16(5-9-18)2-3-17-6-10-19(22)11-7-17;1-2/h4-11,25H,12-15H2,1H3;1-2H3. The fourth-order valence-corrected chi connectivity index (χ4v) is 2.75. The van der Waals surface area contributed by atoms with Gasteiger partial charge in [0.25, 0.3) is 5.91 Å². The number of amides is 1. The van der Waals surface area contributed by atoms with Crippen LogP contribution in [0.4, 0.5) is 4.39 Å². The molecule has 3 rings (SSSR count). The van der Waals surface area contributed by atoms with Gasteiger partial charge in [0.15, 0.2) is 0 Å². The average Bonchev–Trinajstić information content (AvgIpc) is 2.69. The van der Waals surface area contributed by atoms with Crippen LogP contribution >= 0.6 is 0 Å². The van der Waals surface area contributed by atoms with E-state index in [1.165, 1.54) is 12.1 Å². The van der Waals surface area contributed by atoms with Crippen molar-refractivity contribution in [2.75, 3.05) is 13.1 Å². The van der Waals surface area contributed by atoms with Crippen LogP contribution < -0.4 is 0 Å². The number of aliphatic hydroxyl groups is 1. The third-order valence-corrected chi connectivity index (χ3v) is 4.46. The quantitative estimate of drug-likeness (QED) is 0.766. The molecule has 0 saturated carbocycles. The molecule has 3 nitrogen and oxygen atoms in total. The normalized spacial score (nSPS) is 15.1. The highest BCUT2D eigenvalue weighted by Gasteiger charge is 2.29. The molecule has 0 bridgehead atoms. The van der Waals surface area contributed by atoms with E-state index in [0.29, 0.717) is 31.5 Å². The molecule has 1 N–H and O–H groups in total. The van der Waals surface area contributed by atoms with Gasteiger partial charge in [-0.15, -0.1) is 0 Å². The van der Waals surface area contributed by atoms with E-state index in [-0.39, 0.29) is 11.7 Å². The van der Waals surface area contributed by atoms with Crippen LogP contribution in [0, 0.1) is 17.7 Å². The lowest BCUT2D eigenvalue weighted by Crippen LogP contribution is -2.45. The van der Waals surface area contributed by atoms with Crippen LogP contribution in [0.2, 0.25) is 0 Å². The summed E-state index contributed by atoms with van der Waals surface area (Å²) in [5.41, 5.74) is 1.48.